The lowest BCUT2D eigenvalue weighted by Crippen LogP contribution is -2.44. The summed E-state index contributed by atoms with van der Waals surface area (Å²) in [5.41, 5.74) is 1.41. The fourth-order valence-corrected chi connectivity index (χ4v) is 4.56. The van der Waals surface area contributed by atoms with Gasteiger partial charge in [-0.2, -0.15) is 28.6 Å². The molecule has 2 unspecified atom stereocenters. The quantitative estimate of drug-likeness (QED) is 0.415. The van der Waals surface area contributed by atoms with Crippen molar-refractivity contribution in [2.75, 3.05) is 19.6 Å². The summed E-state index contributed by atoms with van der Waals surface area (Å²) in [7, 11) is 0. The number of carbonyl (C=O) groups excluding carboxylic acids is 3. The van der Waals surface area contributed by atoms with Crippen LogP contribution >= 0.6 is 0 Å². The number of benzene rings is 1. The predicted molar refractivity (Wildman–Crippen MR) is 147 cm³/mol. The Morgan fingerprint density at radius 2 is 1.83 bits per heavy atom. The summed E-state index contributed by atoms with van der Waals surface area (Å²) in [4.78, 5) is 34.2. The molecule has 1 aromatic carbocycles. The molecule has 9 nitrogen and oxygen atoms in total. The molecule has 2 aromatic rings. The molecule has 3 atom stereocenters. The topological polar surface area (TPSA) is 128 Å². The minimum Gasteiger partial charge on any atom is -0.341 e. The summed E-state index contributed by atoms with van der Waals surface area (Å²) >= 11 is 0. The van der Waals surface area contributed by atoms with Gasteiger partial charge in [0.1, 0.15) is 5.69 Å². The largest absolute Gasteiger partial charge is 0.471 e. The van der Waals surface area contributed by atoms with Crippen molar-refractivity contribution >= 4 is 29.0 Å². The molecule has 12 heteroatoms. The summed E-state index contributed by atoms with van der Waals surface area (Å²) in [5, 5.41) is 22.5. The maximum absolute atomic E-state index is 11.9. The van der Waals surface area contributed by atoms with Crippen LogP contribution < -0.4 is 10.6 Å². The molecule has 1 aromatic heterocycles. The lowest BCUT2D eigenvalue weighted by Gasteiger charge is -2.22. The van der Waals surface area contributed by atoms with Gasteiger partial charge >= 0.3 is 12.1 Å². The summed E-state index contributed by atoms with van der Waals surface area (Å²) < 4.78 is 35.7. The molecular formula is C29H35F3N6O3. The molecule has 0 bridgehead atoms. The van der Waals surface area contributed by atoms with Crippen molar-refractivity contribution in [3.05, 3.63) is 35.7 Å². The number of rotatable bonds is 5. The van der Waals surface area contributed by atoms with Crippen molar-refractivity contribution < 1.29 is 27.6 Å². The third-order valence-electron chi connectivity index (χ3n) is 6.74. The van der Waals surface area contributed by atoms with E-state index in [1.54, 1.807) is 18.4 Å². The second-order valence-corrected chi connectivity index (χ2v) is 11.0. The monoisotopic (exact) mass is 572 g/mol. The maximum atomic E-state index is 11.9. The smallest absolute Gasteiger partial charge is 0.341 e. The molecule has 0 radical (unpaired) electrons. The van der Waals surface area contributed by atoms with Crippen LogP contribution in [0.5, 0.6) is 0 Å². The van der Waals surface area contributed by atoms with Crippen LogP contribution in [0.1, 0.15) is 58.8 Å². The number of aromatic nitrogens is 2. The van der Waals surface area contributed by atoms with Crippen LogP contribution in [0.3, 0.4) is 0 Å². The molecule has 4 rings (SSSR count). The second kappa shape index (κ2) is 13.9. The molecule has 0 spiro atoms. The Morgan fingerprint density at radius 3 is 2.34 bits per heavy atom. The fraction of sp³-hybridized carbons (Fsp3) is 0.517. The Kier molecular flexibility index (Phi) is 11.2. The molecule has 1 aliphatic heterocycles. The van der Waals surface area contributed by atoms with Crippen molar-refractivity contribution in [2.24, 2.45) is 23.2 Å². The highest BCUT2D eigenvalue weighted by Gasteiger charge is 2.62. The Bertz CT molecular complexity index is 1340. The van der Waals surface area contributed by atoms with E-state index >= 15 is 0 Å². The number of fused-ring (bicyclic) bond motifs is 2. The fourth-order valence-electron chi connectivity index (χ4n) is 4.56. The molecule has 1 saturated carbocycles. The van der Waals surface area contributed by atoms with Crippen LogP contribution in [-0.4, -0.2) is 59.1 Å². The predicted octanol–water partition coefficient (Wildman–Crippen LogP) is 3.75. The van der Waals surface area contributed by atoms with Gasteiger partial charge in [-0.3, -0.25) is 14.4 Å². The Hall–Kier alpha value is -4.19. The number of hydrogen-bond acceptors (Lipinski definition) is 6. The van der Waals surface area contributed by atoms with E-state index in [-0.39, 0.29) is 5.41 Å². The lowest BCUT2D eigenvalue weighted by atomic mass is 10.0. The molecule has 2 N–H and O–H groups in total. The summed E-state index contributed by atoms with van der Waals surface area (Å²) in [6, 6.07) is 6.72. The Balaban J connectivity index is 0.000000254. The zero-order valence-electron chi connectivity index (χ0n) is 24.0. The minimum absolute atomic E-state index is 0.242. The van der Waals surface area contributed by atoms with Crippen LogP contribution in [0.15, 0.2) is 24.4 Å². The standard InChI is InChI=1S/C14H10N4O.C11H15F3N2O2.C4H10/c1-2-4-10-5-3-6-11-8-17-18-14(13(10)11)12(7-15)16-9-19;1-10(2)6-4-16(5-7(6)10)8(17)3-15-9(18)11(12,13)14;1-4(2)3/h3,5-6,8-9,12H,1H3,(H,16,19);6-7H,3-5H2,1-2H3,(H,15,18);4H,1-3H3/t;6-,7?;/m.1./s1. The van der Waals surface area contributed by atoms with Crippen molar-refractivity contribution in [1.29, 1.82) is 5.26 Å². The number of halogens is 3. The molecule has 2 aliphatic rings. The summed E-state index contributed by atoms with van der Waals surface area (Å²) in [5.74, 6) is 4.99. The first-order chi connectivity index (χ1) is 19.2. The van der Waals surface area contributed by atoms with Crippen molar-refractivity contribution in [3.8, 4) is 17.9 Å². The van der Waals surface area contributed by atoms with Crippen molar-refractivity contribution in [1.82, 2.24) is 25.7 Å². The zero-order valence-corrected chi connectivity index (χ0v) is 24.0. The number of hydrogen-bond donors (Lipinski definition) is 2. The van der Waals surface area contributed by atoms with Crippen LogP contribution in [0.2, 0.25) is 0 Å². The molecule has 2 heterocycles. The van der Waals surface area contributed by atoms with Gasteiger partial charge in [0.25, 0.3) is 0 Å². The molecule has 1 aliphatic carbocycles. The molecule has 41 heavy (non-hydrogen) atoms. The van der Waals surface area contributed by atoms with Gasteiger partial charge in [-0.1, -0.05) is 52.7 Å². The van der Waals surface area contributed by atoms with Crippen LogP contribution in [0, 0.1) is 46.3 Å². The van der Waals surface area contributed by atoms with Crippen molar-refractivity contribution in [3.63, 3.8) is 0 Å². The number of amides is 3. The maximum Gasteiger partial charge on any atom is 0.471 e. The van der Waals surface area contributed by atoms with Crippen LogP contribution in [-0.2, 0) is 14.4 Å². The van der Waals surface area contributed by atoms with E-state index in [2.05, 4.69) is 62.0 Å². The summed E-state index contributed by atoms with van der Waals surface area (Å²) in [6.45, 7) is 13.1. The van der Waals surface area contributed by atoms with Gasteiger partial charge in [0, 0.05) is 29.4 Å². The van der Waals surface area contributed by atoms with Gasteiger partial charge in [-0.15, -0.1) is 5.92 Å². The van der Waals surface area contributed by atoms with Gasteiger partial charge in [-0.05, 0) is 36.2 Å². The highest BCUT2D eigenvalue weighted by atomic mass is 19.4. The van der Waals surface area contributed by atoms with Gasteiger partial charge in [0.15, 0.2) is 6.04 Å². The van der Waals surface area contributed by atoms with Gasteiger partial charge < -0.3 is 15.5 Å². The molecular weight excluding hydrogens is 537 g/mol. The number of likely N-dealkylation sites (tertiary alicyclic amines) is 1. The summed E-state index contributed by atoms with van der Waals surface area (Å²) in [6.07, 6.45) is -2.85. The number of carbonyl (C=O) groups is 3. The number of alkyl halides is 3. The number of nitrogens with zero attached hydrogens (tertiary/aromatic N) is 4. The number of piperidine rings is 1. The lowest BCUT2D eigenvalue weighted by molar-refractivity contribution is -0.174. The molecule has 1 saturated heterocycles. The molecule has 2 fully saturated rings. The van der Waals surface area contributed by atoms with Gasteiger partial charge in [-0.25, -0.2) is 0 Å². The third-order valence-corrected chi connectivity index (χ3v) is 6.74. The number of nitriles is 1. The highest BCUT2D eigenvalue weighted by molar-refractivity contribution is 5.90. The SMILES string of the molecule is CC#Cc1cccc2cnnc(C(C#N)NC=O)c12.CC(C)C.CC1(C)C2CN(C(=O)CNC(=O)C(F)(F)F)C[C@H]21. The van der Waals surface area contributed by atoms with Crippen molar-refractivity contribution in [2.45, 2.75) is 53.8 Å². The second-order valence-electron chi connectivity index (χ2n) is 11.0. The van der Waals surface area contributed by atoms with E-state index in [0.717, 1.165) is 22.3 Å². The van der Waals surface area contributed by atoms with E-state index < -0.39 is 30.6 Å². The zero-order chi connectivity index (χ0) is 31.0. The normalized spacial score (nSPS) is 18.6. The number of nitrogens with one attached hydrogen (secondary N) is 2. The Morgan fingerprint density at radius 1 is 1.22 bits per heavy atom. The van der Waals surface area contributed by atoms with Gasteiger partial charge in [0.05, 0.1) is 18.8 Å². The minimum atomic E-state index is -4.94. The highest BCUT2D eigenvalue weighted by Crippen LogP contribution is 2.61. The van der Waals surface area contributed by atoms with E-state index in [0.29, 0.717) is 37.0 Å². The van der Waals surface area contributed by atoms with Gasteiger partial charge in [0.2, 0.25) is 12.3 Å². The third kappa shape index (κ3) is 8.65. The first-order valence-electron chi connectivity index (χ1n) is 13.1. The first kappa shape index (κ1) is 33.0. The van der Waals surface area contributed by atoms with E-state index in [1.807, 2.05) is 24.3 Å². The van der Waals surface area contributed by atoms with E-state index in [4.69, 9.17) is 5.26 Å². The van der Waals surface area contributed by atoms with E-state index in [9.17, 15) is 27.6 Å². The Labute approximate surface area is 237 Å². The molecule has 3 amide bonds. The van der Waals surface area contributed by atoms with Crippen LogP contribution in [0.4, 0.5) is 13.2 Å². The van der Waals surface area contributed by atoms with E-state index in [1.165, 1.54) is 4.90 Å². The molecule has 220 valence electrons. The van der Waals surface area contributed by atoms with Crippen LogP contribution in [0.25, 0.3) is 10.8 Å². The average molecular weight is 573 g/mol. The first-order valence-corrected chi connectivity index (χ1v) is 13.1. The average Bonchev–Trinajstić information content (AvgIpc) is 3.21.